The SMILES string of the molecule is CC1Nc2c(c(=O)n(C)c3cc(F)c(Nc4nc(N5CCC(CN6CCC(c7cccc(C(=O)NC8CCC(O)NC8=O)c7F)CC6)CC5)ncc4Cl)cc23)OCC1(F)F. The normalized spacial score (nSPS) is 22.6. The minimum atomic E-state index is -3.26. The summed E-state index contributed by atoms with van der Waals surface area (Å²) in [5, 5.41) is 20.7. The van der Waals surface area contributed by atoms with E-state index < -0.39 is 59.8 Å². The summed E-state index contributed by atoms with van der Waals surface area (Å²) in [4.78, 5) is 51.7. The smallest absolute Gasteiger partial charge is 0.300 e. The van der Waals surface area contributed by atoms with E-state index in [1.54, 1.807) is 12.1 Å². The Hall–Kier alpha value is -5.20. The van der Waals surface area contributed by atoms with Crippen molar-refractivity contribution < 1.29 is 37.0 Å². The molecule has 0 spiro atoms. The Bertz CT molecular complexity index is 2370. The van der Waals surface area contributed by atoms with E-state index in [-0.39, 0.29) is 56.8 Å². The summed E-state index contributed by atoms with van der Waals surface area (Å²) in [5.41, 5.74) is -0.113. The zero-order valence-corrected chi connectivity index (χ0v) is 33.8. The molecule has 3 unspecified atom stereocenters. The number of halogens is 5. The lowest BCUT2D eigenvalue weighted by atomic mass is 9.87. The third-order valence-electron chi connectivity index (χ3n) is 12.2. The second-order valence-electron chi connectivity index (χ2n) is 16.2. The first-order valence-corrected chi connectivity index (χ1v) is 20.5. The molecule has 3 saturated heterocycles. The van der Waals surface area contributed by atoms with Gasteiger partial charge in [0.2, 0.25) is 17.6 Å². The van der Waals surface area contributed by atoms with Crippen LogP contribution in [0.4, 0.5) is 40.7 Å². The predicted octanol–water partition coefficient (Wildman–Crippen LogP) is 5.25. The third-order valence-corrected chi connectivity index (χ3v) is 12.5. The van der Waals surface area contributed by atoms with Crippen LogP contribution in [0.2, 0.25) is 5.02 Å². The Morgan fingerprint density at radius 2 is 1.80 bits per heavy atom. The molecule has 19 heteroatoms. The Morgan fingerprint density at radius 1 is 1.05 bits per heavy atom. The lowest BCUT2D eigenvalue weighted by molar-refractivity contribution is -0.128. The van der Waals surface area contributed by atoms with Gasteiger partial charge in [-0.15, -0.1) is 0 Å². The minimum absolute atomic E-state index is 0.0412. The van der Waals surface area contributed by atoms with Crippen molar-refractivity contribution in [3.8, 4) is 5.75 Å². The van der Waals surface area contributed by atoms with Gasteiger partial charge in [-0.3, -0.25) is 14.4 Å². The number of ether oxygens (including phenoxy) is 1. The third kappa shape index (κ3) is 8.28. The molecule has 320 valence electrons. The van der Waals surface area contributed by atoms with E-state index in [4.69, 9.17) is 16.3 Å². The number of benzene rings is 2. The van der Waals surface area contributed by atoms with Crippen LogP contribution in [-0.4, -0.2) is 99.9 Å². The molecular weight excluding hydrogens is 810 g/mol. The molecule has 2 aromatic heterocycles. The minimum Gasteiger partial charge on any atom is -0.480 e. The molecule has 0 bridgehead atoms. The van der Waals surface area contributed by atoms with Gasteiger partial charge in [-0.05, 0) is 88.1 Å². The highest BCUT2D eigenvalue weighted by Crippen LogP contribution is 2.39. The van der Waals surface area contributed by atoms with Gasteiger partial charge in [0.15, 0.2) is 12.4 Å². The molecule has 4 aliphatic rings. The summed E-state index contributed by atoms with van der Waals surface area (Å²) in [6.45, 7) is 4.07. The van der Waals surface area contributed by atoms with Crippen LogP contribution in [0.5, 0.6) is 5.75 Å². The van der Waals surface area contributed by atoms with Crippen molar-refractivity contribution in [1.29, 1.82) is 0 Å². The molecule has 4 aliphatic heterocycles. The van der Waals surface area contributed by atoms with Crippen molar-refractivity contribution in [2.45, 2.75) is 75.6 Å². The molecule has 0 saturated carbocycles. The van der Waals surface area contributed by atoms with Gasteiger partial charge in [0.25, 0.3) is 11.5 Å². The van der Waals surface area contributed by atoms with Gasteiger partial charge in [0, 0.05) is 38.1 Å². The number of piperidine rings is 3. The number of nitrogens with one attached hydrogen (secondary N) is 4. The van der Waals surface area contributed by atoms with Crippen molar-refractivity contribution >= 4 is 57.5 Å². The van der Waals surface area contributed by atoms with Crippen LogP contribution in [0.15, 0.2) is 41.3 Å². The maximum atomic E-state index is 15.7. The van der Waals surface area contributed by atoms with Crippen LogP contribution in [0, 0.1) is 17.6 Å². The summed E-state index contributed by atoms with van der Waals surface area (Å²) < 4.78 is 67.0. The molecule has 60 heavy (non-hydrogen) atoms. The number of amides is 2. The number of aliphatic hydroxyl groups is 1. The zero-order valence-electron chi connectivity index (χ0n) is 33.0. The molecule has 2 aromatic carbocycles. The van der Waals surface area contributed by atoms with Gasteiger partial charge in [0.1, 0.15) is 28.9 Å². The van der Waals surface area contributed by atoms with E-state index in [2.05, 4.69) is 36.1 Å². The van der Waals surface area contributed by atoms with E-state index in [9.17, 15) is 28.3 Å². The van der Waals surface area contributed by atoms with Gasteiger partial charge in [-0.2, -0.15) is 4.98 Å². The number of carbonyl (C=O) groups is 2. The van der Waals surface area contributed by atoms with E-state index in [1.807, 2.05) is 4.90 Å². The van der Waals surface area contributed by atoms with Crippen molar-refractivity contribution in [3.05, 3.63) is 74.7 Å². The highest BCUT2D eigenvalue weighted by molar-refractivity contribution is 6.33. The Kier molecular flexibility index (Phi) is 11.6. The molecule has 6 heterocycles. The van der Waals surface area contributed by atoms with Gasteiger partial charge >= 0.3 is 5.92 Å². The average molecular weight is 856 g/mol. The second kappa shape index (κ2) is 16.7. The number of rotatable bonds is 8. The van der Waals surface area contributed by atoms with Gasteiger partial charge < -0.3 is 45.5 Å². The van der Waals surface area contributed by atoms with Crippen LogP contribution < -0.4 is 36.5 Å². The topological polar surface area (TPSA) is 166 Å². The first-order chi connectivity index (χ1) is 28.7. The first-order valence-electron chi connectivity index (χ1n) is 20.1. The van der Waals surface area contributed by atoms with Gasteiger partial charge in [0.05, 0.1) is 34.7 Å². The lowest BCUT2D eigenvalue weighted by Gasteiger charge is -2.38. The number of hydrogen-bond donors (Lipinski definition) is 5. The van der Waals surface area contributed by atoms with Crippen molar-refractivity contribution in [2.75, 3.05) is 54.9 Å². The van der Waals surface area contributed by atoms with Gasteiger partial charge in [-0.1, -0.05) is 23.7 Å². The number of aryl methyl sites for hydroxylation is 1. The molecule has 14 nitrogen and oxygen atoms in total. The number of aromatic nitrogens is 3. The standard InChI is InChI=1S/C41H46ClF4N9O5/c1-21-41(45,46)20-60-35-34(48-21)26-16-30(28(43)17-31(26)53(2)39(35)59)49-36-27(42)18-47-40(52-36)55-14-8-22(9-15-55)19-54-12-10-23(11-13-54)24-4-3-5-25(33(24)44)37(57)50-29-6-7-32(56)51-38(29)58/h3-5,16-18,21-23,29,32,48,56H,6-15,19-20H2,1-2H3,(H,50,57)(H,51,58)(H,47,49,52). The van der Waals surface area contributed by atoms with Gasteiger partial charge in [-0.25, -0.2) is 22.5 Å². The van der Waals surface area contributed by atoms with Crippen molar-refractivity contribution in [2.24, 2.45) is 13.0 Å². The molecule has 5 N–H and O–H groups in total. The first kappa shape index (κ1) is 41.5. The molecule has 0 aliphatic carbocycles. The van der Waals surface area contributed by atoms with E-state index in [0.717, 1.165) is 56.0 Å². The molecular formula is C41H46ClF4N9O5. The maximum absolute atomic E-state index is 15.7. The van der Waals surface area contributed by atoms with Crippen LogP contribution in [0.1, 0.15) is 67.3 Å². The van der Waals surface area contributed by atoms with Crippen LogP contribution in [0.3, 0.4) is 0 Å². The van der Waals surface area contributed by atoms with Crippen molar-refractivity contribution in [3.63, 3.8) is 0 Å². The fraction of sp³-hybridized carbons (Fsp3) is 0.488. The molecule has 3 atom stereocenters. The number of aliphatic hydroxyl groups excluding tert-OH is 1. The predicted molar refractivity (Wildman–Crippen MR) is 217 cm³/mol. The maximum Gasteiger partial charge on any atom is 0.300 e. The lowest BCUT2D eigenvalue weighted by Crippen LogP contribution is -2.54. The largest absolute Gasteiger partial charge is 0.480 e. The Morgan fingerprint density at radius 3 is 2.53 bits per heavy atom. The quantitative estimate of drug-likeness (QED) is 0.147. The average Bonchev–Trinajstić information content (AvgIpc) is 3.34. The fourth-order valence-corrected chi connectivity index (χ4v) is 8.70. The highest BCUT2D eigenvalue weighted by Gasteiger charge is 2.42. The molecule has 2 amide bonds. The number of hydrogen-bond acceptors (Lipinski definition) is 11. The van der Waals surface area contributed by atoms with Crippen molar-refractivity contribution in [1.82, 2.24) is 30.1 Å². The summed E-state index contributed by atoms with van der Waals surface area (Å²) in [6, 6.07) is 5.16. The monoisotopic (exact) mass is 855 g/mol. The molecule has 3 fully saturated rings. The number of pyridine rings is 1. The van der Waals surface area contributed by atoms with E-state index >= 15 is 8.78 Å². The molecule has 0 radical (unpaired) electrons. The van der Waals surface area contributed by atoms with Crippen LogP contribution >= 0.6 is 11.6 Å². The highest BCUT2D eigenvalue weighted by atomic mass is 35.5. The number of carbonyl (C=O) groups excluding carboxylic acids is 2. The second-order valence-corrected chi connectivity index (χ2v) is 16.6. The number of alkyl halides is 2. The zero-order chi connectivity index (χ0) is 42.5. The van der Waals surface area contributed by atoms with E-state index in [0.29, 0.717) is 36.9 Å². The van der Waals surface area contributed by atoms with Crippen LogP contribution in [-0.2, 0) is 11.8 Å². The summed E-state index contributed by atoms with van der Waals surface area (Å²) in [7, 11) is 1.41. The fourth-order valence-electron chi connectivity index (χ4n) is 8.56. The molecule has 8 rings (SSSR count). The summed E-state index contributed by atoms with van der Waals surface area (Å²) in [5.74, 6) is -5.08. The number of likely N-dealkylation sites (tertiary alicyclic amines) is 1. The Labute approximate surface area is 347 Å². The summed E-state index contributed by atoms with van der Waals surface area (Å²) >= 11 is 6.49. The number of anilines is 4. The molecule has 4 aromatic rings. The van der Waals surface area contributed by atoms with Crippen LogP contribution in [0.25, 0.3) is 10.9 Å². The number of fused-ring (bicyclic) bond motifs is 3. The number of nitrogens with zero attached hydrogens (tertiary/aromatic N) is 5. The Balaban J connectivity index is 0.875. The van der Waals surface area contributed by atoms with E-state index in [1.165, 1.54) is 32.3 Å². The summed E-state index contributed by atoms with van der Waals surface area (Å²) in [6.07, 6.45) is 4.24.